The molecule has 2 rings (SSSR count). The van der Waals surface area contributed by atoms with E-state index >= 15 is 0 Å². The second-order valence-electron chi connectivity index (χ2n) is 5.67. The van der Waals surface area contributed by atoms with Crippen molar-refractivity contribution in [1.82, 2.24) is 14.9 Å². The fourth-order valence-electron chi connectivity index (χ4n) is 2.37. The quantitative estimate of drug-likeness (QED) is 0.765. The standard InChI is InChI=1S/C17H23N3O2S/c1-12(2)15(8-11-21)19-16(22)13-4-6-14(7-5-13)20-10-9-18-17(20)23-3/h4-7,9-10,12,15,21H,8,11H2,1-3H3,(H,19,22). The lowest BCUT2D eigenvalue weighted by molar-refractivity contribution is 0.0916. The zero-order chi connectivity index (χ0) is 16.8. The monoisotopic (exact) mass is 333 g/mol. The van der Waals surface area contributed by atoms with Gasteiger partial charge in [-0.3, -0.25) is 9.36 Å². The van der Waals surface area contributed by atoms with Crippen molar-refractivity contribution in [3.63, 3.8) is 0 Å². The minimum absolute atomic E-state index is 0.0241. The van der Waals surface area contributed by atoms with Gasteiger partial charge in [-0.15, -0.1) is 0 Å². The molecule has 0 aliphatic rings. The number of carbonyl (C=O) groups excluding carboxylic acids is 1. The molecule has 2 N–H and O–H groups in total. The number of nitrogens with one attached hydrogen (secondary N) is 1. The molecule has 0 aliphatic carbocycles. The maximum Gasteiger partial charge on any atom is 0.251 e. The average Bonchev–Trinajstić information content (AvgIpc) is 3.03. The Labute approximate surface area is 141 Å². The number of thioether (sulfide) groups is 1. The Bertz CT molecular complexity index is 638. The number of aromatic nitrogens is 2. The third-order valence-electron chi connectivity index (χ3n) is 3.76. The molecule has 0 saturated heterocycles. The van der Waals surface area contributed by atoms with Crippen molar-refractivity contribution in [3.05, 3.63) is 42.2 Å². The van der Waals surface area contributed by atoms with Crippen LogP contribution in [0.1, 0.15) is 30.6 Å². The van der Waals surface area contributed by atoms with Crippen LogP contribution < -0.4 is 5.32 Å². The maximum absolute atomic E-state index is 12.3. The lowest BCUT2D eigenvalue weighted by Gasteiger charge is -2.21. The maximum atomic E-state index is 12.3. The molecule has 1 atom stereocenters. The van der Waals surface area contributed by atoms with E-state index in [1.165, 1.54) is 0 Å². The van der Waals surface area contributed by atoms with Gasteiger partial charge in [0.1, 0.15) is 0 Å². The third kappa shape index (κ3) is 4.36. The molecule has 0 spiro atoms. The van der Waals surface area contributed by atoms with Crippen LogP contribution in [-0.4, -0.2) is 39.5 Å². The van der Waals surface area contributed by atoms with Gasteiger partial charge in [-0.1, -0.05) is 25.6 Å². The molecule has 23 heavy (non-hydrogen) atoms. The fraction of sp³-hybridized carbons (Fsp3) is 0.412. The van der Waals surface area contributed by atoms with E-state index in [1.54, 1.807) is 18.0 Å². The fourth-order valence-corrected chi connectivity index (χ4v) is 2.90. The summed E-state index contributed by atoms with van der Waals surface area (Å²) < 4.78 is 1.98. The van der Waals surface area contributed by atoms with Crippen molar-refractivity contribution in [1.29, 1.82) is 0 Å². The molecular weight excluding hydrogens is 310 g/mol. The van der Waals surface area contributed by atoms with Crippen molar-refractivity contribution in [2.24, 2.45) is 5.92 Å². The summed E-state index contributed by atoms with van der Waals surface area (Å²) in [5, 5.41) is 13.0. The van der Waals surface area contributed by atoms with E-state index in [9.17, 15) is 4.79 Å². The second-order valence-corrected chi connectivity index (χ2v) is 6.44. The summed E-state index contributed by atoms with van der Waals surface area (Å²) in [7, 11) is 0. The Kier molecular flexibility index (Phi) is 6.24. The molecule has 0 bridgehead atoms. The molecule has 0 radical (unpaired) electrons. The number of aliphatic hydroxyl groups excluding tert-OH is 1. The molecule has 6 heteroatoms. The van der Waals surface area contributed by atoms with Gasteiger partial charge in [0.2, 0.25) is 0 Å². The van der Waals surface area contributed by atoms with Crippen LogP contribution in [0.2, 0.25) is 0 Å². The number of hydrogen-bond acceptors (Lipinski definition) is 4. The van der Waals surface area contributed by atoms with Gasteiger partial charge in [0.25, 0.3) is 5.91 Å². The number of benzene rings is 1. The molecule has 1 aromatic heterocycles. The summed E-state index contributed by atoms with van der Waals surface area (Å²) in [5.41, 5.74) is 1.59. The van der Waals surface area contributed by atoms with Gasteiger partial charge in [0, 0.05) is 36.3 Å². The highest BCUT2D eigenvalue weighted by atomic mass is 32.2. The van der Waals surface area contributed by atoms with E-state index < -0.39 is 0 Å². The average molecular weight is 333 g/mol. The summed E-state index contributed by atoms with van der Waals surface area (Å²) in [5.74, 6) is 0.167. The number of imidazole rings is 1. The first-order chi connectivity index (χ1) is 11.1. The SMILES string of the molecule is CSc1nccn1-c1ccc(C(=O)NC(CCO)C(C)C)cc1. The summed E-state index contributed by atoms with van der Waals surface area (Å²) in [4.78, 5) is 16.6. The van der Waals surface area contributed by atoms with Crippen LogP contribution in [0, 0.1) is 5.92 Å². The largest absolute Gasteiger partial charge is 0.396 e. The van der Waals surface area contributed by atoms with E-state index in [1.807, 2.05) is 55.1 Å². The minimum Gasteiger partial charge on any atom is -0.396 e. The molecule has 1 amide bonds. The Hall–Kier alpha value is -1.79. The third-order valence-corrected chi connectivity index (χ3v) is 4.43. The van der Waals surface area contributed by atoms with Gasteiger partial charge < -0.3 is 10.4 Å². The van der Waals surface area contributed by atoms with Crippen molar-refractivity contribution >= 4 is 17.7 Å². The Balaban J connectivity index is 2.11. The molecule has 124 valence electrons. The van der Waals surface area contributed by atoms with Crippen molar-refractivity contribution in [3.8, 4) is 5.69 Å². The van der Waals surface area contributed by atoms with Crippen LogP contribution in [0.4, 0.5) is 0 Å². The molecule has 2 aromatic rings. The Morgan fingerprint density at radius 2 is 2.04 bits per heavy atom. The normalized spacial score (nSPS) is 12.4. The van der Waals surface area contributed by atoms with E-state index in [2.05, 4.69) is 10.3 Å². The number of carbonyl (C=O) groups is 1. The number of hydrogen-bond donors (Lipinski definition) is 2. The first-order valence-electron chi connectivity index (χ1n) is 7.66. The van der Waals surface area contributed by atoms with E-state index in [0.717, 1.165) is 10.8 Å². The van der Waals surface area contributed by atoms with Crippen LogP contribution in [0.5, 0.6) is 0 Å². The van der Waals surface area contributed by atoms with Crippen molar-refractivity contribution in [2.45, 2.75) is 31.5 Å². The van der Waals surface area contributed by atoms with E-state index in [0.29, 0.717) is 12.0 Å². The van der Waals surface area contributed by atoms with E-state index in [4.69, 9.17) is 5.11 Å². The van der Waals surface area contributed by atoms with Crippen LogP contribution in [-0.2, 0) is 0 Å². The van der Waals surface area contributed by atoms with Gasteiger partial charge in [-0.25, -0.2) is 4.98 Å². The summed E-state index contributed by atoms with van der Waals surface area (Å²) in [6, 6.07) is 7.42. The number of amides is 1. The predicted octanol–water partition coefficient (Wildman–Crippen LogP) is 2.73. The van der Waals surface area contributed by atoms with Crippen LogP contribution in [0.3, 0.4) is 0 Å². The zero-order valence-corrected chi connectivity index (χ0v) is 14.5. The van der Waals surface area contributed by atoms with Crippen LogP contribution >= 0.6 is 11.8 Å². The molecule has 0 saturated carbocycles. The summed E-state index contributed by atoms with van der Waals surface area (Å²) in [6.45, 7) is 4.14. The molecule has 5 nitrogen and oxygen atoms in total. The minimum atomic E-state index is -0.112. The summed E-state index contributed by atoms with van der Waals surface area (Å²) in [6.07, 6.45) is 6.20. The number of rotatable bonds is 7. The smallest absolute Gasteiger partial charge is 0.251 e. The number of aliphatic hydroxyl groups is 1. The second kappa shape index (κ2) is 8.17. The number of nitrogens with zero attached hydrogens (tertiary/aromatic N) is 2. The molecule has 0 fully saturated rings. The van der Waals surface area contributed by atoms with Gasteiger partial charge in [-0.2, -0.15) is 0 Å². The van der Waals surface area contributed by atoms with Crippen LogP contribution in [0.25, 0.3) is 5.69 Å². The Morgan fingerprint density at radius 3 is 2.61 bits per heavy atom. The highest BCUT2D eigenvalue weighted by molar-refractivity contribution is 7.98. The van der Waals surface area contributed by atoms with Gasteiger partial charge in [0.05, 0.1) is 0 Å². The first kappa shape index (κ1) is 17.6. The molecular formula is C17H23N3O2S. The van der Waals surface area contributed by atoms with Gasteiger partial charge >= 0.3 is 0 Å². The van der Waals surface area contributed by atoms with Gasteiger partial charge in [0.15, 0.2) is 5.16 Å². The van der Waals surface area contributed by atoms with Crippen LogP contribution in [0.15, 0.2) is 41.8 Å². The topological polar surface area (TPSA) is 67.2 Å². The first-order valence-corrected chi connectivity index (χ1v) is 8.88. The van der Waals surface area contributed by atoms with Crippen molar-refractivity contribution in [2.75, 3.05) is 12.9 Å². The molecule has 1 aromatic carbocycles. The predicted molar refractivity (Wildman–Crippen MR) is 93.1 cm³/mol. The highest BCUT2D eigenvalue weighted by Gasteiger charge is 2.16. The molecule has 1 unspecified atom stereocenters. The zero-order valence-electron chi connectivity index (χ0n) is 13.7. The Morgan fingerprint density at radius 1 is 1.35 bits per heavy atom. The molecule has 1 heterocycles. The van der Waals surface area contributed by atoms with Gasteiger partial charge in [-0.05, 0) is 42.9 Å². The molecule has 0 aliphatic heterocycles. The lowest BCUT2D eigenvalue weighted by atomic mass is 10.0. The summed E-state index contributed by atoms with van der Waals surface area (Å²) >= 11 is 1.57. The highest BCUT2D eigenvalue weighted by Crippen LogP contribution is 2.18. The van der Waals surface area contributed by atoms with Crippen molar-refractivity contribution < 1.29 is 9.90 Å². The van der Waals surface area contributed by atoms with E-state index in [-0.39, 0.29) is 24.5 Å². The lowest BCUT2D eigenvalue weighted by Crippen LogP contribution is -2.39.